The van der Waals surface area contributed by atoms with Crippen LogP contribution in [0.25, 0.3) is 11.8 Å². The fraction of sp³-hybridized carbons (Fsp3) is 0.0556. The molecule has 0 N–H and O–H groups in total. The van der Waals surface area contributed by atoms with E-state index in [0.29, 0.717) is 0 Å². The lowest BCUT2D eigenvalue weighted by Crippen LogP contribution is -2.06. The SMILES string of the molecule is O=C(/C=C\c1ccc(-n2cncn2)cc1)c1cccc(C(F)(F)F)c1. The molecule has 1 heterocycles. The van der Waals surface area contributed by atoms with E-state index in [1.807, 2.05) is 0 Å². The third-order valence-corrected chi connectivity index (χ3v) is 3.48. The van der Waals surface area contributed by atoms with E-state index >= 15 is 0 Å². The van der Waals surface area contributed by atoms with Crippen LogP contribution in [0.1, 0.15) is 21.5 Å². The van der Waals surface area contributed by atoms with Gasteiger partial charge in [0.15, 0.2) is 5.78 Å². The summed E-state index contributed by atoms with van der Waals surface area (Å²) in [5.74, 6) is -0.494. The minimum absolute atomic E-state index is 0.00897. The van der Waals surface area contributed by atoms with Crippen LogP contribution in [0.5, 0.6) is 0 Å². The number of allylic oxidation sites excluding steroid dienone is 1. The van der Waals surface area contributed by atoms with E-state index in [1.54, 1.807) is 41.4 Å². The number of hydrogen-bond acceptors (Lipinski definition) is 3. The highest BCUT2D eigenvalue weighted by Crippen LogP contribution is 2.29. The van der Waals surface area contributed by atoms with E-state index in [2.05, 4.69) is 10.1 Å². The third kappa shape index (κ3) is 4.00. The molecule has 0 fully saturated rings. The molecule has 0 aliphatic heterocycles. The largest absolute Gasteiger partial charge is 0.416 e. The molecule has 0 bridgehead atoms. The zero-order valence-electron chi connectivity index (χ0n) is 12.8. The van der Waals surface area contributed by atoms with E-state index < -0.39 is 17.5 Å². The topological polar surface area (TPSA) is 47.8 Å². The molecule has 3 aromatic rings. The summed E-state index contributed by atoms with van der Waals surface area (Å²) in [4.78, 5) is 15.9. The Kier molecular flexibility index (Phi) is 4.47. The molecule has 7 heteroatoms. The van der Waals surface area contributed by atoms with Gasteiger partial charge in [0.1, 0.15) is 12.7 Å². The van der Waals surface area contributed by atoms with Crippen LogP contribution in [0.4, 0.5) is 13.2 Å². The van der Waals surface area contributed by atoms with Gasteiger partial charge in [-0.15, -0.1) is 0 Å². The summed E-state index contributed by atoms with van der Waals surface area (Å²) in [7, 11) is 0. The Morgan fingerprint density at radius 2 is 1.84 bits per heavy atom. The fourth-order valence-corrected chi connectivity index (χ4v) is 2.20. The Morgan fingerprint density at radius 3 is 2.48 bits per heavy atom. The molecule has 2 aromatic carbocycles. The van der Waals surface area contributed by atoms with Gasteiger partial charge in [0.25, 0.3) is 0 Å². The van der Waals surface area contributed by atoms with Crippen LogP contribution in [0.15, 0.2) is 67.3 Å². The van der Waals surface area contributed by atoms with Crippen molar-refractivity contribution in [1.82, 2.24) is 14.8 Å². The van der Waals surface area contributed by atoms with Crippen molar-refractivity contribution in [1.29, 1.82) is 0 Å². The highest BCUT2D eigenvalue weighted by molar-refractivity contribution is 6.06. The Labute approximate surface area is 141 Å². The molecule has 0 amide bonds. The monoisotopic (exact) mass is 343 g/mol. The molecule has 0 saturated heterocycles. The number of ketones is 1. The smallest absolute Gasteiger partial charge is 0.289 e. The number of aromatic nitrogens is 3. The fourth-order valence-electron chi connectivity index (χ4n) is 2.20. The summed E-state index contributed by atoms with van der Waals surface area (Å²) in [6, 6.07) is 11.5. The third-order valence-electron chi connectivity index (χ3n) is 3.48. The highest BCUT2D eigenvalue weighted by Gasteiger charge is 2.30. The van der Waals surface area contributed by atoms with Gasteiger partial charge in [-0.25, -0.2) is 9.67 Å². The maximum atomic E-state index is 12.7. The molecule has 25 heavy (non-hydrogen) atoms. The van der Waals surface area contributed by atoms with Gasteiger partial charge in [-0.1, -0.05) is 30.3 Å². The zero-order valence-corrected chi connectivity index (χ0v) is 12.8. The number of alkyl halides is 3. The first-order valence-electron chi connectivity index (χ1n) is 7.28. The second kappa shape index (κ2) is 6.72. The van der Waals surface area contributed by atoms with Crippen molar-refractivity contribution in [3.05, 3.63) is 84.0 Å². The summed E-state index contributed by atoms with van der Waals surface area (Å²) < 4.78 is 39.7. The summed E-state index contributed by atoms with van der Waals surface area (Å²) in [5, 5.41) is 4.00. The van der Waals surface area contributed by atoms with Crippen molar-refractivity contribution >= 4 is 11.9 Å². The molecule has 0 saturated carbocycles. The Hall–Kier alpha value is -3.22. The second-order valence-electron chi connectivity index (χ2n) is 5.21. The van der Waals surface area contributed by atoms with Crippen molar-refractivity contribution in [3.8, 4) is 5.69 Å². The summed E-state index contributed by atoms with van der Waals surface area (Å²) >= 11 is 0. The summed E-state index contributed by atoms with van der Waals surface area (Å²) in [5.41, 5.74) is 0.692. The van der Waals surface area contributed by atoms with Crippen molar-refractivity contribution in [2.75, 3.05) is 0 Å². The van der Waals surface area contributed by atoms with Crippen molar-refractivity contribution in [3.63, 3.8) is 0 Å². The lowest BCUT2D eigenvalue weighted by molar-refractivity contribution is -0.137. The molecule has 0 aliphatic rings. The molecule has 0 atom stereocenters. The molecule has 0 unspecified atom stereocenters. The van der Waals surface area contributed by atoms with Gasteiger partial charge < -0.3 is 0 Å². The first-order chi connectivity index (χ1) is 11.9. The Balaban J connectivity index is 1.74. The number of halogens is 3. The van der Waals surface area contributed by atoms with E-state index in [1.165, 1.54) is 24.5 Å². The van der Waals surface area contributed by atoms with Crippen LogP contribution < -0.4 is 0 Å². The molecule has 0 aliphatic carbocycles. The minimum atomic E-state index is -4.48. The van der Waals surface area contributed by atoms with Crippen molar-refractivity contribution in [2.45, 2.75) is 6.18 Å². The molecule has 0 radical (unpaired) electrons. The lowest BCUT2D eigenvalue weighted by atomic mass is 10.1. The van der Waals surface area contributed by atoms with Crippen LogP contribution in [0.3, 0.4) is 0 Å². The average Bonchev–Trinajstić information content (AvgIpc) is 3.14. The van der Waals surface area contributed by atoms with Crippen molar-refractivity contribution < 1.29 is 18.0 Å². The van der Waals surface area contributed by atoms with Crippen LogP contribution >= 0.6 is 0 Å². The predicted molar refractivity (Wildman–Crippen MR) is 86.2 cm³/mol. The average molecular weight is 343 g/mol. The number of benzene rings is 2. The van der Waals surface area contributed by atoms with Gasteiger partial charge in [0.05, 0.1) is 11.3 Å². The number of hydrogen-bond donors (Lipinski definition) is 0. The molecule has 4 nitrogen and oxygen atoms in total. The highest BCUT2D eigenvalue weighted by atomic mass is 19.4. The molecule has 3 rings (SSSR count). The van der Waals surface area contributed by atoms with E-state index in [0.717, 1.165) is 23.4 Å². The Morgan fingerprint density at radius 1 is 1.08 bits per heavy atom. The van der Waals surface area contributed by atoms with E-state index in [4.69, 9.17) is 0 Å². The molecule has 126 valence electrons. The minimum Gasteiger partial charge on any atom is -0.289 e. The molecule has 1 aromatic heterocycles. The van der Waals surface area contributed by atoms with Crippen LogP contribution in [0.2, 0.25) is 0 Å². The van der Waals surface area contributed by atoms with Crippen LogP contribution in [0, 0.1) is 0 Å². The number of carbonyl (C=O) groups excluding carboxylic acids is 1. The number of carbonyl (C=O) groups is 1. The summed E-state index contributed by atoms with van der Waals surface area (Å²) in [6.45, 7) is 0. The van der Waals surface area contributed by atoms with E-state index in [9.17, 15) is 18.0 Å². The molecular weight excluding hydrogens is 331 g/mol. The van der Waals surface area contributed by atoms with Crippen LogP contribution in [-0.2, 0) is 6.18 Å². The van der Waals surface area contributed by atoms with Gasteiger partial charge >= 0.3 is 6.18 Å². The predicted octanol–water partition coefficient (Wildman–Crippen LogP) is 4.18. The van der Waals surface area contributed by atoms with Gasteiger partial charge in [-0.05, 0) is 35.9 Å². The van der Waals surface area contributed by atoms with Gasteiger partial charge in [0.2, 0.25) is 0 Å². The molecular formula is C18H12F3N3O. The zero-order chi connectivity index (χ0) is 17.9. The van der Waals surface area contributed by atoms with E-state index in [-0.39, 0.29) is 5.56 Å². The van der Waals surface area contributed by atoms with Gasteiger partial charge in [0, 0.05) is 5.56 Å². The Bertz CT molecular complexity index is 898. The lowest BCUT2D eigenvalue weighted by Gasteiger charge is -2.07. The summed E-state index contributed by atoms with van der Waals surface area (Å²) in [6.07, 6.45) is 1.30. The number of nitrogens with zero attached hydrogens (tertiary/aromatic N) is 3. The quantitative estimate of drug-likeness (QED) is 0.527. The number of rotatable bonds is 4. The maximum absolute atomic E-state index is 12.7. The first-order valence-corrected chi connectivity index (χ1v) is 7.28. The first kappa shape index (κ1) is 16.6. The van der Waals surface area contributed by atoms with Crippen molar-refractivity contribution in [2.24, 2.45) is 0 Å². The van der Waals surface area contributed by atoms with Gasteiger partial charge in [-0.2, -0.15) is 18.3 Å². The normalized spacial score (nSPS) is 11.8. The molecule has 0 spiro atoms. The standard InChI is InChI=1S/C18H12F3N3O/c19-18(20,21)15-3-1-2-14(10-15)17(25)9-6-13-4-7-16(8-5-13)24-12-22-11-23-24/h1-12H/b9-6-. The van der Waals surface area contributed by atoms with Gasteiger partial charge in [-0.3, -0.25) is 4.79 Å². The second-order valence-corrected chi connectivity index (χ2v) is 5.21. The maximum Gasteiger partial charge on any atom is 0.416 e. The van der Waals surface area contributed by atoms with Crippen LogP contribution in [-0.4, -0.2) is 20.5 Å².